The summed E-state index contributed by atoms with van der Waals surface area (Å²) >= 11 is 0. The molecule has 1 aliphatic rings. The van der Waals surface area contributed by atoms with Crippen LogP contribution in [0, 0.1) is 13.8 Å². The quantitative estimate of drug-likeness (QED) is 0.229. The smallest absolute Gasteiger partial charge is 0.0945 e. The van der Waals surface area contributed by atoms with Crippen LogP contribution in [0.15, 0.2) is 60.7 Å². The third kappa shape index (κ3) is 6.49. The lowest BCUT2D eigenvalue weighted by molar-refractivity contribution is 0.408. The maximum atomic E-state index is 11.2. The Morgan fingerprint density at radius 3 is 1.59 bits per heavy atom. The Morgan fingerprint density at radius 1 is 0.595 bits per heavy atom. The van der Waals surface area contributed by atoms with Crippen LogP contribution in [0.1, 0.15) is 60.8 Å². The second-order valence-corrected chi connectivity index (χ2v) is 13.2. The Labute approximate surface area is 220 Å². The van der Waals surface area contributed by atoms with E-state index in [9.17, 15) is 25.9 Å². The summed E-state index contributed by atoms with van der Waals surface area (Å²) in [5.41, 5.74) is 8.43. The van der Waals surface area contributed by atoms with E-state index in [1.165, 1.54) is 5.56 Å². The summed E-state index contributed by atoms with van der Waals surface area (Å²) in [6.45, 7) is 4.07. The fourth-order valence-electron chi connectivity index (χ4n) is 5.61. The second-order valence-electron chi connectivity index (χ2n) is 10.2. The average Bonchev–Trinajstić information content (AvgIpc) is 3.07. The van der Waals surface area contributed by atoms with Crippen LogP contribution in [0.5, 0.6) is 0 Å². The molecule has 1 aliphatic carbocycles. The molecule has 3 aromatic carbocycles. The van der Waals surface area contributed by atoms with E-state index in [4.69, 9.17) is 0 Å². The predicted octanol–water partition coefficient (Wildman–Crippen LogP) is 5.67. The average molecular weight is 541 g/mol. The van der Waals surface area contributed by atoms with Gasteiger partial charge in [0.2, 0.25) is 0 Å². The number of benzene rings is 3. The van der Waals surface area contributed by atoms with Crippen molar-refractivity contribution in [2.24, 2.45) is 0 Å². The van der Waals surface area contributed by atoms with Crippen molar-refractivity contribution in [3.8, 4) is 22.3 Å². The number of unbranched alkanes of at least 4 members (excludes halogenated alkanes) is 2. The molecule has 198 valence electrons. The van der Waals surface area contributed by atoms with E-state index in [0.29, 0.717) is 25.7 Å². The number of rotatable bonds is 11. The van der Waals surface area contributed by atoms with E-state index in [0.717, 1.165) is 38.9 Å². The molecule has 0 spiro atoms. The molecule has 0 aromatic heterocycles. The van der Waals surface area contributed by atoms with Gasteiger partial charge in [-0.3, -0.25) is 0 Å². The zero-order valence-electron chi connectivity index (χ0n) is 21.2. The van der Waals surface area contributed by atoms with Gasteiger partial charge in [0.15, 0.2) is 0 Å². The topological polar surface area (TPSA) is 114 Å². The molecule has 0 bridgehead atoms. The predicted molar refractivity (Wildman–Crippen MR) is 144 cm³/mol. The maximum absolute atomic E-state index is 11.2. The molecule has 0 saturated carbocycles. The Bertz CT molecular complexity index is 1450. The van der Waals surface area contributed by atoms with Crippen molar-refractivity contribution in [2.45, 2.75) is 57.8 Å². The normalized spacial score (nSPS) is 14.4. The van der Waals surface area contributed by atoms with E-state index < -0.39 is 37.2 Å². The first-order chi connectivity index (χ1) is 17.4. The number of fused-ring (bicyclic) bond motifs is 3. The summed E-state index contributed by atoms with van der Waals surface area (Å²) in [5.74, 6) is -0.817. The summed E-state index contributed by atoms with van der Waals surface area (Å²) in [7, 11) is -8.60. The van der Waals surface area contributed by atoms with Gasteiger partial charge in [0.1, 0.15) is 0 Å². The van der Waals surface area contributed by atoms with Crippen molar-refractivity contribution in [3.63, 3.8) is 0 Å². The van der Waals surface area contributed by atoms with Crippen molar-refractivity contribution in [1.29, 1.82) is 0 Å². The minimum atomic E-state index is -4.30. The second kappa shape index (κ2) is 10.7. The lowest BCUT2D eigenvalue weighted by Crippen LogP contribution is -2.26. The van der Waals surface area contributed by atoms with Crippen LogP contribution in [0.4, 0.5) is 0 Å². The molecule has 0 fully saturated rings. The summed E-state index contributed by atoms with van der Waals surface area (Å²) in [6, 6.07) is 21.1. The van der Waals surface area contributed by atoms with E-state index >= 15 is 0 Å². The molecule has 8 heteroatoms. The van der Waals surface area contributed by atoms with Crippen molar-refractivity contribution in [1.82, 2.24) is 0 Å². The Balaban J connectivity index is 1.79. The summed E-state index contributed by atoms with van der Waals surface area (Å²) in [4.78, 5) is 0. The van der Waals surface area contributed by atoms with Gasteiger partial charge in [0, 0.05) is 16.9 Å². The molecular formula is C29H32O6S2-2. The van der Waals surface area contributed by atoms with Gasteiger partial charge in [-0.2, -0.15) is 0 Å². The molecule has 3 aromatic rings. The van der Waals surface area contributed by atoms with Crippen LogP contribution in [-0.2, 0) is 25.7 Å². The van der Waals surface area contributed by atoms with Crippen LogP contribution >= 0.6 is 0 Å². The van der Waals surface area contributed by atoms with E-state index in [2.05, 4.69) is 60.7 Å². The van der Waals surface area contributed by atoms with E-state index in [1.54, 1.807) is 0 Å². The van der Waals surface area contributed by atoms with Gasteiger partial charge in [-0.1, -0.05) is 78.6 Å². The van der Waals surface area contributed by atoms with Crippen LogP contribution < -0.4 is 0 Å². The van der Waals surface area contributed by atoms with Crippen molar-refractivity contribution >= 4 is 20.2 Å². The van der Waals surface area contributed by atoms with Gasteiger partial charge >= 0.3 is 0 Å². The van der Waals surface area contributed by atoms with E-state index in [1.807, 2.05) is 13.8 Å². The molecule has 0 amide bonds. The standard InChI is InChI=1S/C29H34O6S2/c1-21-7-10-23(11-8-21)24-12-14-26-25-13-9-22(2)19-27(25)29(28(26)20-24,15-3-5-17-36(30,31)32)16-4-6-18-37(33,34)35/h7-14,19-20H,3-6,15-18H2,1-2H3,(H,30,31,32)(H,33,34,35)/p-2. The van der Waals surface area contributed by atoms with Gasteiger partial charge in [0.05, 0.1) is 20.2 Å². The maximum Gasteiger partial charge on any atom is 0.0945 e. The fraction of sp³-hybridized carbons (Fsp3) is 0.379. The molecule has 0 atom stereocenters. The molecule has 0 N–H and O–H groups in total. The molecular weight excluding hydrogens is 508 g/mol. The number of hydrogen-bond donors (Lipinski definition) is 0. The summed E-state index contributed by atoms with van der Waals surface area (Å²) < 4.78 is 67.4. The fourth-order valence-corrected chi connectivity index (χ4v) is 6.72. The first-order valence-corrected chi connectivity index (χ1v) is 15.7. The molecule has 0 unspecified atom stereocenters. The minimum Gasteiger partial charge on any atom is -0.748 e. The van der Waals surface area contributed by atoms with Gasteiger partial charge in [-0.15, -0.1) is 0 Å². The van der Waals surface area contributed by atoms with Crippen molar-refractivity contribution in [3.05, 3.63) is 82.9 Å². The van der Waals surface area contributed by atoms with Crippen molar-refractivity contribution < 1.29 is 25.9 Å². The first kappa shape index (κ1) is 27.5. The highest BCUT2D eigenvalue weighted by atomic mass is 32.2. The van der Waals surface area contributed by atoms with Crippen molar-refractivity contribution in [2.75, 3.05) is 11.5 Å². The van der Waals surface area contributed by atoms with Crippen LogP contribution in [0.25, 0.3) is 22.3 Å². The number of hydrogen-bond acceptors (Lipinski definition) is 6. The summed E-state index contributed by atoms with van der Waals surface area (Å²) in [6.07, 6.45) is 2.82. The molecule has 6 nitrogen and oxygen atoms in total. The molecule has 37 heavy (non-hydrogen) atoms. The van der Waals surface area contributed by atoms with Gasteiger partial charge < -0.3 is 9.11 Å². The highest BCUT2D eigenvalue weighted by Crippen LogP contribution is 2.55. The molecule has 0 saturated heterocycles. The molecule has 4 rings (SSSR count). The van der Waals surface area contributed by atoms with E-state index in [-0.39, 0.29) is 12.8 Å². The third-order valence-corrected chi connectivity index (χ3v) is 8.97. The van der Waals surface area contributed by atoms with Crippen LogP contribution in [0.2, 0.25) is 0 Å². The molecule has 0 aliphatic heterocycles. The van der Waals surface area contributed by atoms with Crippen LogP contribution in [0.3, 0.4) is 0 Å². The summed E-state index contributed by atoms with van der Waals surface area (Å²) in [5, 5.41) is 0. The largest absolute Gasteiger partial charge is 0.748 e. The minimum absolute atomic E-state index is 0.261. The van der Waals surface area contributed by atoms with Gasteiger partial charge in [0.25, 0.3) is 0 Å². The Kier molecular flexibility index (Phi) is 7.95. The first-order valence-electron chi connectivity index (χ1n) is 12.6. The lowest BCUT2D eigenvalue weighted by atomic mass is 9.70. The Hall–Kier alpha value is -2.52. The third-order valence-electron chi connectivity index (χ3n) is 7.40. The SMILES string of the molecule is Cc1ccc(-c2ccc3c(c2)C(CCCCS(=O)(=O)[O-])(CCCCS(=O)(=O)[O-])c2cc(C)ccc2-3)cc1. The van der Waals surface area contributed by atoms with Gasteiger partial charge in [-0.25, -0.2) is 16.8 Å². The zero-order chi connectivity index (χ0) is 26.8. The highest BCUT2D eigenvalue weighted by Gasteiger charge is 2.42. The lowest BCUT2D eigenvalue weighted by Gasteiger charge is -2.33. The van der Waals surface area contributed by atoms with Crippen LogP contribution in [-0.4, -0.2) is 37.4 Å². The number of aryl methyl sites for hydroxylation is 2. The van der Waals surface area contributed by atoms with Gasteiger partial charge in [-0.05, 0) is 79.0 Å². The highest BCUT2D eigenvalue weighted by molar-refractivity contribution is 7.85. The monoisotopic (exact) mass is 540 g/mol. The Morgan fingerprint density at radius 2 is 1.05 bits per heavy atom. The molecule has 0 heterocycles. The zero-order valence-corrected chi connectivity index (χ0v) is 22.8. The molecule has 0 radical (unpaired) electrons.